The molecule has 0 radical (unpaired) electrons. The molecule has 5 nitrogen and oxygen atoms in total. The summed E-state index contributed by atoms with van der Waals surface area (Å²) in [6, 6.07) is 12.0. The van der Waals surface area contributed by atoms with Crippen LogP contribution in [0.3, 0.4) is 0 Å². The number of fused-ring (bicyclic) bond motifs is 1. The summed E-state index contributed by atoms with van der Waals surface area (Å²) in [6.45, 7) is 3.56. The molecular formula is C22H30N4O. The lowest BCUT2D eigenvalue weighted by atomic mass is 9.93. The van der Waals surface area contributed by atoms with Gasteiger partial charge < -0.3 is 9.42 Å². The second-order valence-electron chi connectivity index (χ2n) is 8.71. The third kappa shape index (κ3) is 3.43. The molecule has 3 atom stereocenters. The monoisotopic (exact) mass is 366 g/mol. The molecule has 3 saturated heterocycles. The average molecular weight is 367 g/mol. The van der Waals surface area contributed by atoms with E-state index in [0.29, 0.717) is 23.9 Å². The van der Waals surface area contributed by atoms with Crippen molar-refractivity contribution < 1.29 is 4.52 Å². The highest BCUT2D eigenvalue weighted by molar-refractivity contribution is 5.24. The number of aromatic nitrogens is 2. The number of likely N-dealkylation sites (tertiary alicyclic amines) is 1. The number of piperidine rings is 1. The summed E-state index contributed by atoms with van der Waals surface area (Å²) in [7, 11) is 2.21. The Labute approximate surface area is 161 Å². The van der Waals surface area contributed by atoms with Gasteiger partial charge in [-0.15, -0.1) is 0 Å². The van der Waals surface area contributed by atoms with Gasteiger partial charge in [-0.3, -0.25) is 4.90 Å². The van der Waals surface area contributed by atoms with E-state index in [2.05, 4.69) is 52.3 Å². The van der Waals surface area contributed by atoms with E-state index in [1.165, 1.54) is 50.9 Å². The van der Waals surface area contributed by atoms with Crippen LogP contribution in [0.5, 0.6) is 0 Å². The molecule has 3 aliphatic rings. The molecule has 144 valence electrons. The highest BCUT2D eigenvalue weighted by Crippen LogP contribution is 2.48. The third-order valence-electron chi connectivity index (χ3n) is 6.99. The lowest BCUT2D eigenvalue weighted by Crippen LogP contribution is -2.31. The van der Waals surface area contributed by atoms with Gasteiger partial charge in [0.05, 0.1) is 0 Å². The first kappa shape index (κ1) is 17.4. The normalized spacial score (nSPS) is 30.0. The van der Waals surface area contributed by atoms with Crippen LogP contribution in [0.1, 0.15) is 61.3 Å². The number of hydrogen-bond donors (Lipinski definition) is 0. The molecule has 0 amide bonds. The zero-order valence-electron chi connectivity index (χ0n) is 16.3. The molecule has 1 aromatic heterocycles. The van der Waals surface area contributed by atoms with E-state index in [9.17, 15) is 0 Å². The van der Waals surface area contributed by atoms with Gasteiger partial charge >= 0.3 is 0 Å². The maximum atomic E-state index is 5.70. The van der Waals surface area contributed by atoms with Crippen molar-refractivity contribution in [2.45, 2.75) is 56.5 Å². The first-order valence-electron chi connectivity index (χ1n) is 10.6. The maximum Gasteiger partial charge on any atom is 0.226 e. The van der Waals surface area contributed by atoms with Gasteiger partial charge in [-0.1, -0.05) is 35.5 Å². The fraction of sp³-hybridized carbons (Fsp3) is 0.636. The fourth-order valence-electron chi connectivity index (χ4n) is 5.46. The van der Waals surface area contributed by atoms with Crippen molar-refractivity contribution in [1.29, 1.82) is 0 Å². The van der Waals surface area contributed by atoms with E-state index < -0.39 is 0 Å². The van der Waals surface area contributed by atoms with Crippen LogP contribution in [-0.2, 0) is 6.42 Å². The van der Waals surface area contributed by atoms with Crippen molar-refractivity contribution in [3.05, 3.63) is 47.6 Å². The predicted molar refractivity (Wildman–Crippen MR) is 104 cm³/mol. The Bertz CT molecular complexity index is 753. The Kier molecular flexibility index (Phi) is 4.74. The fourth-order valence-corrected chi connectivity index (χ4v) is 5.46. The van der Waals surface area contributed by atoms with Gasteiger partial charge in [0.15, 0.2) is 5.82 Å². The molecular weight excluding hydrogens is 336 g/mol. The topological polar surface area (TPSA) is 45.4 Å². The summed E-state index contributed by atoms with van der Waals surface area (Å²) in [5.74, 6) is 2.91. The predicted octanol–water partition coefficient (Wildman–Crippen LogP) is 3.65. The first-order chi connectivity index (χ1) is 13.3. The summed E-state index contributed by atoms with van der Waals surface area (Å²) in [5.41, 5.74) is 1.43. The van der Waals surface area contributed by atoms with E-state index in [1.807, 2.05) is 0 Å². The Morgan fingerprint density at radius 3 is 2.70 bits per heavy atom. The molecule has 0 unspecified atom stereocenters. The molecule has 0 bridgehead atoms. The van der Waals surface area contributed by atoms with Crippen LogP contribution in [0, 0.1) is 5.92 Å². The quantitative estimate of drug-likeness (QED) is 0.826. The van der Waals surface area contributed by atoms with Gasteiger partial charge in [-0.05, 0) is 70.3 Å². The van der Waals surface area contributed by atoms with Crippen LogP contribution in [0.2, 0.25) is 0 Å². The molecule has 3 aliphatic heterocycles. The molecule has 27 heavy (non-hydrogen) atoms. The molecule has 0 spiro atoms. The molecule has 1 aromatic carbocycles. The molecule has 5 heteroatoms. The minimum absolute atomic E-state index is 0.410. The molecule has 0 saturated carbocycles. The number of hydrogen-bond acceptors (Lipinski definition) is 5. The first-order valence-corrected chi connectivity index (χ1v) is 10.6. The highest BCUT2D eigenvalue weighted by Gasteiger charge is 2.46. The van der Waals surface area contributed by atoms with E-state index >= 15 is 0 Å². The van der Waals surface area contributed by atoms with Gasteiger partial charge in [0.2, 0.25) is 5.89 Å². The Balaban J connectivity index is 1.31. The third-order valence-corrected chi connectivity index (χ3v) is 6.99. The lowest BCUT2D eigenvalue weighted by molar-refractivity contribution is 0.208. The standard InChI is InChI=1S/C22H30N4O/c1-25-12-9-16(10-13-25)14-21-23-22(24-27-21)18-15-20(17-6-3-2-4-7-17)26-11-5-8-19(18)26/h2-4,6-7,16,18-20H,5,8-15H2,1H3/t18-,19+,20-/m0/s1. The number of benzene rings is 1. The van der Waals surface area contributed by atoms with Gasteiger partial charge in [-0.2, -0.15) is 4.98 Å². The summed E-state index contributed by atoms with van der Waals surface area (Å²) in [6.07, 6.45) is 7.08. The van der Waals surface area contributed by atoms with Crippen molar-refractivity contribution in [1.82, 2.24) is 19.9 Å². The average Bonchev–Trinajstić information content (AvgIpc) is 3.41. The second-order valence-corrected chi connectivity index (χ2v) is 8.71. The van der Waals surface area contributed by atoms with Crippen molar-refractivity contribution in [2.75, 3.05) is 26.7 Å². The molecule has 0 N–H and O–H groups in total. The Morgan fingerprint density at radius 2 is 1.89 bits per heavy atom. The molecule has 2 aromatic rings. The summed E-state index contributed by atoms with van der Waals surface area (Å²) in [5, 5.41) is 4.44. The molecule has 0 aliphatic carbocycles. The second kappa shape index (κ2) is 7.36. The van der Waals surface area contributed by atoms with Crippen LogP contribution in [-0.4, -0.2) is 52.7 Å². The number of nitrogens with zero attached hydrogens (tertiary/aromatic N) is 4. The molecule has 5 rings (SSSR count). The SMILES string of the molecule is CN1CCC(Cc2nc([C@H]3C[C@@H](c4ccccc4)N4CCC[C@H]34)no2)CC1. The smallest absolute Gasteiger partial charge is 0.226 e. The highest BCUT2D eigenvalue weighted by atomic mass is 16.5. The van der Waals surface area contributed by atoms with Gasteiger partial charge in [-0.25, -0.2) is 0 Å². The van der Waals surface area contributed by atoms with E-state index in [4.69, 9.17) is 9.51 Å². The Morgan fingerprint density at radius 1 is 1.07 bits per heavy atom. The van der Waals surface area contributed by atoms with E-state index in [0.717, 1.165) is 24.6 Å². The van der Waals surface area contributed by atoms with Crippen LogP contribution in [0.25, 0.3) is 0 Å². The minimum atomic E-state index is 0.410. The van der Waals surface area contributed by atoms with Crippen LogP contribution in [0.4, 0.5) is 0 Å². The van der Waals surface area contributed by atoms with Gasteiger partial charge in [0.25, 0.3) is 0 Å². The van der Waals surface area contributed by atoms with Crippen molar-refractivity contribution in [3.63, 3.8) is 0 Å². The van der Waals surface area contributed by atoms with Crippen molar-refractivity contribution in [3.8, 4) is 0 Å². The molecule has 4 heterocycles. The van der Waals surface area contributed by atoms with Crippen LogP contribution < -0.4 is 0 Å². The van der Waals surface area contributed by atoms with Gasteiger partial charge in [0, 0.05) is 24.4 Å². The van der Waals surface area contributed by atoms with Crippen molar-refractivity contribution in [2.24, 2.45) is 5.92 Å². The van der Waals surface area contributed by atoms with Crippen LogP contribution >= 0.6 is 0 Å². The summed E-state index contributed by atoms with van der Waals surface area (Å²) >= 11 is 0. The largest absolute Gasteiger partial charge is 0.339 e. The van der Waals surface area contributed by atoms with Crippen LogP contribution in [0.15, 0.2) is 34.9 Å². The zero-order valence-corrected chi connectivity index (χ0v) is 16.3. The van der Waals surface area contributed by atoms with Gasteiger partial charge in [0.1, 0.15) is 0 Å². The van der Waals surface area contributed by atoms with E-state index in [1.54, 1.807) is 0 Å². The number of rotatable bonds is 4. The molecule has 3 fully saturated rings. The van der Waals surface area contributed by atoms with E-state index in [-0.39, 0.29) is 0 Å². The zero-order chi connectivity index (χ0) is 18.2. The van der Waals surface area contributed by atoms with Crippen molar-refractivity contribution >= 4 is 0 Å². The lowest BCUT2D eigenvalue weighted by Gasteiger charge is -2.27. The maximum absolute atomic E-state index is 5.70. The minimum Gasteiger partial charge on any atom is -0.339 e. The summed E-state index contributed by atoms with van der Waals surface area (Å²) < 4.78 is 5.70. The Hall–Kier alpha value is -1.72. The summed E-state index contributed by atoms with van der Waals surface area (Å²) in [4.78, 5) is 9.97.